The van der Waals surface area contributed by atoms with Gasteiger partial charge in [0.1, 0.15) is 17.9 Å². The van der Waals surface area contributed by atoms with Crippen molar-refractivity contribution < 1.29 is 33.2 Å². The Balaban J connectivity index is 0.995. The molecular weight excluding hydrogens is 873 g/mol. The van der Waals surface area contributed by atoms with Gasteiger partial charge in [-0.25, -0.2) is 0 Å². The number of nitrogens with one attached hydrogen (secondary N) is 1. The quantitative estimate of drug-likeness (QED) is 0.0273. The number of para-hydroxylation sites is 2. The van der Waals surface area contributed by atoms with Gasteiger partial charge in [-0.2, -0.15) is 4.58 Å². The molecule has 366 valence electrons. The fourth-order valence-corrected chi connectivity index (χ4v) is 10.2. The fraction of sp³-hybridized carbons (Fsp3) is 0.367. The third kappa shape index (κ3) is 11.5. The monoisotopic (exact) mass is 944 g/mol. The fourth-order valence-electron chi connectivity index (χ4n) is 10.2. The van der Waals surface area contributed by atoms with Crippen LogP contribution in [-0.2, 0) is 40.3 Å². The predicted octanol–water partition coefficient (Wildman–Crippen LogP) is 10.8. The zero-order valence-electron chi connectivity index (χ0n) is 41.9. The Labute approximate surface area is 415 Å². The van der Waals surface area contributed by atoms with Gasteiger partial charge in [0.2, 0.25) is 17.5 Å². The lowest BCUT2D eigenvalue weighted by Crippen LogP contribution is -2.36. The van der Waals surface area contributed by atoms with E-state index in [1.165, 1.54) is 33.9 Å². The summed E-state index contributed by atoms with van der Waals surface area (Å²) in [6.45, 7) is 13.8. The van der Waals surface area contributed by atoms with Crippen LogP contribution >= 0.6 is 0 Å². The number of methoxy groups -OCH3 is 1. The van der Waals surface area contributed by atoms with E-state index < -0.39 is 17.5 Å². The molecule has 0 bridgehead atoms. The second kappa shape index (κ2) is 23.2. The first-order valence-corrected chi connectivity index (χ1v) is 24.9. The van der Waals surface area contributed by atoms with Crippen LogP contribution in [0.4, 0.5) is 11.4 Å². The van der Waals surface area contributed by atoms with Crippen LogP contribution in [0.5, 0.6) is 5.75 Å². The summed E-state index contributed by atoms with van der Waals surface area (Å²) < 4.78 is 20.8. The highest BCUT2D eigenvalue weighted by Crippen LogP contribution is 2.48. The Morgan fingerprint density at radius 3 is 2.01 bits per heavy atom. The standard InChI is InChI=1S/C60H70N4O6/c1-7-63-51-28-18-16-26-49(51)58(2,3)53(63)30-21-31-54-59(4,5)50-27-17-19-29-52(50)64(54)41-20-10-15-32-56(66)62-40-39-44(42-69-57(67)38-37-55(61)65)43-70-60(45-22-11-8-12-23-45,46-24-13-9-14-25-46)47-33-35-48(68-6)36-34-47/h8-9,11-14,16-19,21-31,33-36,44H,7,10,15,20,32,37-43H2,1-6H3,(H2-,61,62,65,66)/p+1. The van der Waals surface area contributed by atoms with Crippen LogP contribution in [0.15, 0.2) is 157 Å². The number of esters is 1. The molecule has 0 spiro atoms. The molecule has 5 aromatic rings. The average molecular weight is 944 g/mol. The number of fused-ring (bicyclic) bond motifs is 2. The molecule has 10 heteroatoms. The van der Waals surface area contributed by atoms with Crippen LogP contribution in [-0.4, -0.2) is 68.0 Å². The molecule has 5 aromatic carbocycles. The highest BCUT2D eigenvalue weighted by molar-refractivity contribution is 6.03. The summed E-state index contributed by atoms with van der Waals surface area (Å²) in [6.07, 6.45) is 10.1. The molecule has 0 saturated carbocycles. The van der Waals surface area contributed by atoms with E-state index in [-0.39, 0.29) is 48.7 Å². The van der Waals surface area contributed by atoms with Gasteiger partial charge in [-0.3, -0.25) is 14.4 Å². The second-order valence-electron chi connectivity index (χ2n) is 19.4. The molecule has 0 saturated heterocycles. The van der Waals surface area contributed by atoms with Crippen molar-refractivity contribution in [2.75, 3.05) is 44.9 Å². The molecule has 2 aliphatic heterocycles. The topological polar surface area (TPSA) is 123 Å². The summed E-state index contributed by atoms with van der Waals surface area (Å²) in [7, 11) is 1.64. The maximum absolute atomic E-state index is 13.4. The first-order valence-electron chi connectivity index (χ1n) is 24.9. The Hall–Kier alpha value is -6.78. The Kier molecular flexibility index (Phi) is 16.9. The van der Waals surface area contributed by atoms with Crippen molar-refractivity contribution in [1.29, 1.82) is 0 Å². The van der Waals surface area contributed by atoms with Crippen LogP contribution < -0.4 is 20.7 Å². The summed E-state index contributed by atoms with van der Waals surface area (Å²) >= 11 is 0. The number of anilines is 1. The molecule has 7 rings (SSSR count). The van der Waals surface area contributed by atoms with E-state index in [1.807, 2.05) is 84.9 Å². The van der Waals surface area contributed by atoms with Crippen molar-refractivity contribution in [3.8, 4) is 5.75 Å². The lowest BCUT2D eigenvalue weighted by molar-refractivity contribution is -0.438. The number of nitrogens with zero attached hydrogens (tertiary/aromatic N) is 2. The lowest BCUT2D eigenvalue weighted by atomic mass is 9.80. The van der Waals surface area contributed by atoms with Gasteiger partial charge in [0.25, 0.3) is 0 Å². The van der Waals surface area contributed by atoms with Crippen molar-refractivity contribution in [1.82, 2.24) is 5.32 Å². The summed E-state index contributed by atoms with van der Waals surface area (Å²) in [5.41, 5.74) is 14.5. The van der Waals surface area contributed by atoms with Gasteiger partial charge in [0.05, 0.1) is 32.2 Å². The molecule has 70 heavy (non-hydrogen) atoms. The van der Waals surface area contributed by atoms with E-state index in [1.54, 1.807) is 7.11 Å². The summed E-state index contributed by atoms with van der Waals surface area (Å²) in [4.78, 5) is 40.0. The summed E-state index contributed by atoms with van der Waals surface area (Å²) in [5, 5.41) is 3.13. The molecule has 0 aromatic heterocycles. The van der Waals surface area contributed by atoms with Gasteiger partial charge in [-0.05, 0) is 86.6 Å². The van der Waals surface area contributed by atoms with Gasteiger partial charge in [-0.15, -0.1) is 0 Å². The smallest absolute Gasteiger partial charge is 0.306 e. The van der Waals surface area contributed by atoms with Crippen LogP contribution in [0.3, 0.4) is 0 Å². The molecule has 2 amide bonds. The number of rotatable bonds is 24. The van der Waals surface area contributed by atoms with Crippen LogP contribution in [0, 0.1) is 5.92 Å². The van der Waals surface area contributed by atoms with E-state index in [2.05, 4.69) is 116 Å². The number of ether oxygens (including phenoxy) is 3. The van der Waals surface area contributed by atoms with Crippen molar-refractivity contribution in [3.63, 3.8) is 0 Å². The summed E-state index contributed by atoms with van der Waals surface area (Å²) in [6, 6.07) is 45.4. The minimum atomic E-state index is -1.03. The average Bonchev–Trinajstić information content (AvgIpc) is 3.73. The van der Waals surface area contributed by atoms with Gasteiger partial charge >= 0.3 is 5.97 Å². The summed E-state index contributed by atoms with van der Waals surface area (Å²) in [5.74, 6) is -0.670. The normalized spacial score (nSPS) is 15.7. The van der Waals surface area contributed by atoms with E-state index in [9.17, 15) is 14.4 Å². The number of hydrogen-bond acceptors (Lipinski definition) is 7. The van der Waals surface area contributed by atoms with E-state index in [0.29, 0.717) is 19.4 Å². The maximum atomic E-state index is 13.4. The molecule has 0 aliphatic carbocycles. The molecule has 2 heterocycles. The third-order valence-electron chi connectivity index (χ3n) is 14.0. The van der Waals surface area contributed by atoms with Gasteiger partial charge in [0, 0.05) is 72.8 Å². The Bertz CT molecular complexity index is 2630. The van der Waals surface area contributed by atoms with Crippen LogP contribution in [0.1, 0.15) is 107 Å². The van der Waals surface area contributed by atoms with E-state index in [4.69, 9.17) is 19.9 Å². The number of hydrogen-bond donors (Lipinski definition) is 2. The largest absolute Gasteiger partial charge is 0.497 e. The van der Waals surface area contributed by atoms with Crippen molar-refractivity contribution in [2.24, 2.45) is 11.7 Å². The third-order valence-corrected chi connectivity index (χ3v) is 14.0. The lowest BCUT2D eigenvalue weighted by Gasteiger charge is -2.37. The zero-order chi connectivity index (χ0) is 49.7. The molecule has 3 N–H and O–H groups in total. The van der Waals surface area contributed by atoms with Crippen LogP contribution in [0.25, 0.3) is 0 Å². The number of amides is 2. The highest BCUT2D eigenvalue weighted by atomic mass is 16.5. The molecule has 0 radical (unpaired) electrons. The van der Waals surface area contributed by atoms with Crippen molar-refractivity contribution >= 4 is 34.9 Å². The highest BCUT2D eigenvalue weighted by Gasteiger charge is 2.44. The number of nitrogens with two attached hydrogens (primary N) is 1. The van der Waals surface area contributed by atoms with Gasteiger partial charge < -0.3 is 30.2 Å². The van der Waals surface area contributed by atoms with E-state index >= 15 is 0 Å². The Morgan fingerprint density at radius 1 is 0.729 bits per heavy atom. The Morgan fingerprint density at radius 2 is 1.36 bits per heavy atom. The molecule has 0 fully saturated rings. The molecular formula is C60H71N4O6+. The van der Waals surface area contributed by atoms with Gasteiger partial charge in [-0.1, -0.05) is 129 Å². The number of benzene rings is 5. The minimum Gasteiger partial charge on any atom is -0.497 e. The van der Waals surface area contributed by atoms with E-state index in [0.717, 1.165) is 54.8 Å². The number of carbonyl (C=O) groups is 3. The number of primary amides is 1. The molecule has 1 atom stereocenters. The first-order chi connectivity index (χ1) is 33.8. The number of allylic oxidation sites excluding steroid dienone is 4. The van der Waals surface area contributed by atoms with Gasteiger partial charge in [0.15, 0.2) is 5.71 Å². The number of carbonyl (C=O) groups excluding carboxylic acids is 3. The zero-order valence-corrected chi connectivity index (χ0v) is 41.9. The first kappa shape index (κ1) is 51.1. The molecule has 10 nitrogen and oxygen atoms in total. The van der Waals surface area contributed by atoms with Crippen molar-refractivity contribution in [3.05, 3.63) is 185 Å². The van der Waals surface area contributed by atoms with Crippen molar-refractivity contribution in [2.45, 2.75) is 96.0 Å². The number of likely N-dealkylation sites (N-methyl/N-ethyl adjacent to an activating group) is 1. The SMILES string of the molecule is CCN1C(=CC=CC2=[N+](CCCCCC(=O)NCCC(COC(=O)CCC(N)=O)COC(c3ccccc3)(c3ccccc3)c3ccc(OC)cc3)c3ccccc3C2(C)C)C(C)(C)c2ccccc21. The second-order valence-corrected chi connectivity index (χ2v) is 19.4. The minimum absolute atomic E-state index is 0.0201. The molecule has 2 aliphatic rings. The van der Waals surface area contributed by atoms with Crippen LogP contribution in [0.2, 0.25) is 0 Å². The maximum Gasteiger partial charge on any atom is 0.306 e. The number of unbranched alkanes of at least 4 members (excludes halogenated alkanes) is 2. The predicted molar refractivity (Wildman–Crippen MR) is 280 cm³/mol. The molecule has 1 unspecified atom stereocenters.